The second-order valence-electron chi connectivity index (χ2n) is 4.98. The molecule has 0 saturated carbocycles. The highest BCUT2D eigenvalue weighted by Gasteiger charge is 2.05. The average molecular weight is 284 g/mol. The number of benzene rings is 1. The van der Waals surface area contributed by atoms with Crippen LogP contribution in [0.25, 0.3) is 0 Å². The number of hydrogen-bond acceptors (Lipinski definition) is 2. The molecule has 0 amide bonds. The van der Waals surface area contributed by atoms with Gasteiger partial charge in [-0.3, -0.25) is 0 Å². The molecular formula is C16H26ClNO. The molecule has 0 aliphatic heterocycles. The fourth-order valence-electron chi connectivity index (χ4n) is 2.03. The van der Waals surface area contributed by atoms with Crippen LogP contribution in [0.3, 0.4) is 0 Å². The molecule has 0 aromatic heterocycles. The van der Waals surface area contributed by atoms with Crippen molar-refractivity contribution >= 4 is 11.6 Å². The summed E-state index contributed by atoms with van der Waals surface area (Å²) in [6, 6.07) is 6.52. The Morgan fingerprint density at radius 3 is 2.74 bits per heavy atom. The van der Waals surface area contributed by atoms with Crippen LogP contribution in [0.4, 0.5) is 0 Å². The van der Waals surface area contributed by atoms with Gasteiger partial charge >= 0.3 is 0 Å². The summed E-state index contributed by atoms with van der Waals surface area (Å²) in [5.74, 6) is 0.793. The summed E-state index contributed by atoms with van der Waals surface area (Å²) in [4.78, 5) is 0. The number of ether oxygens (including phenoxy) is 1. The van der Waals surface area contributed by atoms with Gasteiger partial charge in [-0.05, 0) is 56.8 Å². The minimum atomic E-state index is 0.608. The lowest BCUT2D eigenvalue weighted by Gasteiger charge is -2.16. The zero-order chi connectivity index (χ0) is 14.1. The highest BCUT2D eigenvalue weighted by molar-refractivity contribution is 6.32. The van der Waals surface area contributed by atoms with E-state index in [1.54, 1.807) is 0 Å². The molecule has 0 spiro atoms. The smallest absolute Gasteiger partial charge is 0.137 e. The van der Waals surface area contributed by atoms with E-state index in [0.717, 1.165) is 37.3 Å². The third-order valence-corrected chi connectivity index (χ3v) is 3.51. The zero-order valence-electron chi connectivity index (χ0n) is 12.3. The average Bonchev–Trinajstić information content (AvgIpc) is 2.40. The molecule has 0 bridgehead atoms. The molecule has 1 aromatic rings. The van der Waals surface area contributed by atoms with Gasteiger partial charge in [-0.1, -0.05) is 31.5 Å². The van der Waals surface area contributed by atoms with Crippen LogP contribution in [-0.2, 0) is 0 Å². The van der Waals surface area contributed by atoms with Crippen molar-refractivity contribution in [2.75, 3.05) is 13.2 Å². The highest BCUT2D eigenvalue weighted by atomic mass is 35.5. The lowest BCUT2D eigenvalue weighted by atomic mass is 10.1. The molecular weight excluding hydrogens is 258 g/mol. The second kappa shape index (κ2) is 9.22. The highest BCUT2D eigenvalue weighted by Crippen LogP contribution is 2.25. The Hall–Kier alpha value is -0.730. The summed E-state index contributed by atoms with van der Waals surface area (Å²) >= 11 is 6.13. The predicted molar refractivity (Wildman–Crippen MR) is 83.3 cm³/mol. The van der Waals surface area contributed by atoms with Crippen LogP contribution in [0.15, 0.2) is 18.2 Å². The number of aryl methyl sites for hydroxylation is 1. The van der Waals surface area contributed by atoms with Crippen LogP contribution < -0.4 is 10.1 Å². The summed E-state index contributed by atoms with van der Waals surface area (Å²) in [5, 5.41) is 4.26. The zero-order valence-corrected chi connectivity index (χ0v) is 13.1. The Bertz CT molecular complexity index is 368. The van der Waals surface area contributed by atoms with Gasteiger partial charge in [0.15, 0.2) is 0 Å². The third kappa shape index (κ3) is 6.31. The summed E-state index contributed by atoms with van der Waals surface area (Å²) in [7, 11) is 0. The Morgan fingerprint density at radius 2 is 2.11 bits per heavy atom. The number of halogens is 1. The van der Waals surface area contributed by atoms with Gasteiger partial charge < -0.3 is 10.1 Å². The van der Waals surface area contributed by atoms with Gasteiger partial charge in [-0.25, -0.2) is 0 Å². The molecule has 0 aliphatic carbocycles. The Morgan fingerprint density at radius 1 is 1.32 bits per heavy atom. The first kappa shape index (κ1) is 16.3. The number of rotatable bonds is 9. The van der Waals surface area contributed by atoms with Gasteiger partial charge in [0.1, 0.15) is 5.75 Å². The van der Waals surface area contributed by atoms with Crippen molar-refractivity contribution in [2.24, 2.45) is 0 Å². The van der Waals surface area contributed by atoms with E-state index in [9.17, 15) is 0 Å². The molecule has 0 radical (unpaired) electrons. The van der Waals surface area contributed by atoms with Gasteiger partial charge in [0.2, 0.25) is 0 Å². The molecule has 0 heterocycles. The van der Waals surface area contributed by atoms with Gasteiger partial charge in [0.05, 0.1) is 11.6 Å². The maximum Gasteiger partial charge on any atom is 0.137 e. The molecule has 3 heteroatoms. The molecule has 0 saturated heterocycles. The van der Waals surface area contributed by atoms with E-state index in [4.69, 9.17) is 16.3 Å². The monoisotopic (exact) mass is 283 g/mol. The van der Waals surface area contributed by atoms with Crippen molar-refractivity contribution in [2.45, 2.75) is 52.5 Å². The number of hydrogen-bond donors (Lipinski definition) is 1. The van der Waals surface area contributed by atoms with Gasteiger partial charge in [-0.15, -0.1) is 0 Å². The largest absolute Gasteiger partial charge is 0.492 e. The summed E-state index contributed by atoms with van der Waals surface area (Å²) in [5.41, 5.74) is 1.16. The summed E-state index contributed by atoms with van der Waals surface area (Å²) in [6.07, 6.45) is 4.57. The molecule has 1 unspecified atom stereocenters. The van der Waals surface area contributed by atoms with E-state index < -0.39 is 0 Å². The van der Waals surface area contributed by atoms with Crippen molar-refractivity contribution < 1.29 is 4.74 Å². The first-order valence-electron chi connectivity index (χ1n) is 7.29. The fraction of sp³-hybridized carbons (Fsp3) is 0.625. The minimum absolute atomic E-state index is 0.608. The minimum Gasteiger partial charge on any atom is -0.492 e. The Balaban J connectivity index is 2.26. The van der Waals surface area contributed by atoms with Crippen molar-refractivity contribution in [1.29, 1.82) is 0 Å². The predicted octanol–water partition coefficient (Wildman–Crippen LogP) is 4.59. The van der Waals surface area contributed by atoms with Crippen LogP contribution in [-0.4, -0.2) is 19.2 Å². The maximum absolute atomic E-state index is 6.13. The van der Waals surface area contributed by atoms with Crippen molar-refractivity contribution in [3.8, 4) is 5.75 Å². The molecule has 2 nitrogen and oxygen atoms in total. The Kier molecular flexibility index (Phi) is 7.92. The van der Waals surface area contributed by atoms with Crippen molar-refractivity contribution in [3.05, 3.63) is 28.8 Å². The lowest BCUT2D eigenvalue weighted by Crippen LogP contribution is -2.29. The number of nitrogens with one attached hydrogen (secondary N) is 1. The molecule has 1 rings (SSSR count). The lowest BCUT2D eigenvalue weighted by molar-refractivity contribution is 0.294. The van der Waals surface area contributed by atoms with Crippen LogP contribution >= 0.6 is 11.6 Å². The molecule has 1 N–H and O–H groups in total. The van der Waals surface area contributed by atoms with Crippen molar-refractivity contribution in [3.63, 3.8) is 0 Å². The molecule has 0 fully saturated rings. The van der Waals surface area contributed by atoms with Gasteiger partial charge in [0, 0.05) is 6.04 Å². The maximum atomic E-state index is 6.13. The van der Waals surface area contributed by atoms with E-state index in [2.05, 4.69) is 19.2 Å². The van der Waals surface area contributed by atoms with Crippen LogP contribution in [0.2, 0.25) is 5.02 Å². The normalized spacial score (nSPS) is 12.4. The van der Waals surface area contributed by atoms with E-state index >= 15 is 0 Å². The molecule has 0 aliphatic rings. The topological polar surface area (TPSA) is 21.3 Å². The van der Waals surface area contributed by atoms with E-state index in [0.29, 0.717) is 11.1 Å². The SMILES string of the molecule is CCCNC(CC)CCCOc1ccc(C)cc1Cl. The quantitative estimate of drug-likeness (QED) is 0.670. The summed E-state index contributed by atoms with van der Waals surface area (Å²) < 4.78 is 5.73. The standard InChI is InChI=1S/C16H26ClNO/c1-4-10-18-14(5-2)7-6-11-19-16-9-8-13(3)12-15(16)17/h8-9,12,14,18H,4-7,10-11H2,1-3H3. The van der Waals surface area contributed by atoms with Crippen molar-refractivity contribution in [1.82, 2.24) is 5.32 Å². The van der Waals surface area contributed by atoms with Crippen LogP contribution in [0, 0.1) is 6.92 Å². The van der Waals surface area contributed by atoms with Gasteiger partial charge in [-0.2, -0.15) is 0 Å². The summed E-state index contributed by atoms with van der Waals surface area (Å²) in [6.45, 7) is 8.28. The van der Waals surface area contributed by atoms with E-state index in [1.165, 1.54) is 12.8 Å². The van der Waals surface area contributed by atoms with E-state index in [-0.39, 0.29) is 0 Å². The molecule has 1 aromatic carbocycles. The van der Waals surface area contributed by atoms with Crippen LogP contribution in [0.5, 0.6) is 5.75 Å². The van der Waals surface area contributed by atoms with Crippen LogP contribution in [0.1, 0.15) is 45.1 Å². The molecule has 19 heavy (non-hydrogen) atoms. The second-order valence-corrected chi connectivity index (χ2v) is 5.39. The Labute approximate surface area is 122 Å². The third-order valence-electron chi connectivity index (χ3n) is 3.22. The first-order chi connectivity index (χ1) is 9.17. The first-order valence-corrected chi connectivity index (χ1v) is 7.67. The van der Waals surface area contributed by atoms with E-state index in [1.807, 2.05) is 25.1 Å². The van der Waals surface area contributed by atoms with Gasteiger partial charge in [0.25, 0.3) is 0 Å². The fourth-order valence-corrected chi connectivity index (χ4v) is 2.32. The molecule has 1 atom stereocenters. The molecule has 108 valence electrons.